The number of nitrogens with two attached hydrogens (primary N) is 2. The van der Waals surface area contributed by atoms with E-state index < -0.39 is 5.91 Å². The summed E-state index contributed by atoms with van der Waals surface area (Å²) in [6, 6.07) is 13.4. The number of fused-ring (bicyclic) bond motifs is 1. The lowest BCUT2D eigenvalue weighted by Gasteiger charge is -2.10. The molecule has 0 fully saturated rings. The average molecular weight is 414 g/mol. The minimum Gasteiger partial charge on any atom is -0.397 e. The van der Waals surface area contributed by atoms with E-state index in [9.17, 15) is 10.1 Å². The maximum Gasteiger partial charge on any atom is 0.269 e. The Morgan fingerprint density at radius 1 is 1.10 bits per heavy atom. The van der Waals surface area contributed by atoms with Crippen LogP contribution in [0.2, 0.25) is 0 Å². The second kappa shape index (κ2) is 7.46. The van der Waals surface area contributed by atoms with Gasteiger partial charge in [-0.25, -0.2) is 9.97 Å². The van der Waals surface area contributed by atoms with Gasteiger partial charge in [-0.15, -0.1) is 11.3 Å². The fraction of sp³-hybridized carbons (Fsp3) is 0.0909. The summed E-state index contributed by atoms with van der Waals surface area (Å²) in [6.45, 7) is 3.89. The first-order valence-corrected chi connectivity index (χ1v) is 9.93. The van der Waals surface area contributed by atoms with E-state index in [1.165, 1.54) is 0 Å². The van der Waals surface area contributed by atoms with Crippen molar-refractivity contribution in [2.75, 3.05) is 16.8 Å². The minimum absolute atomic E-state index is 0.106. The smallest absolute Gasteiger partial charge is 0.269 e. The van der Waals surface area contributed by atoms with Gasteiger partial charge in [0.15, 0.2) is 0 Å². The van der Waals surface area contributed by atoms with Gasteiger partial charge in [0, 0.05) is 17.1 Å². The van der Waals surface area contributed by atoms with Crippen LogP contribution in [-0.4, -0.2) is 15.9 Å². The summed E-state index contributed by atoms with van der Waals surface area (Å²) in [5, 5.41) is 13.0. The minimum atomic E-state index is -0.390. The summed E-state index contributed by atoms with van der Waals surface area (Å²) in [6.07, 6.45) is 1.67. The third-order valence-electron chi connectivity index (χ3n) is 4.72. The van der Waals surface area contributed by atoms with Crippen LogP contribution in [0.4, 0.5) is 17.3 Å². The lowest BCUT2D eigenvalue weighted by molar-refractivity contribution is 0.103. The van der Waals surface area contributed by atoms with Crippen LogP contribution in [0, 0.1) is 25.2 Å². The van der Waals surface area contributed by atoms with Crippen molar-refractivity contribution in [2.24, 2.45) is 0 Å². The van der Waals surface area contributed by atoms with E-state index in [0.29, 0.717) is 26.5 Å². The molecule has 0 aliphatic rings. The molecule has 0 aliphatic heterocycles. The molecule has 0 bridgehead atoms. The van der Waals surface area contributed by atoms with Crippen LogP contribution in [-0.2, 0) is 0 Å². The lowest BCUT2D eigenvalue weighted by atomic mass is 9.96. The van der Waals surface area contributed by atoms with Crippen molar-refractivity contribution in [1.82, 2.24) is 9.97 Å². The molecular formula is C22H18N6OS. The fourth-order valence-electron chi connectivity index (χ4n) is 3.18. The summed E-state index contributed by atoms with van der Waals surface area (Å²) in [5.41, 5.74) is 16.4. The van der Waals surface area contributed by atoms with Crippen LogP contribution >= 0.6 is 11.3 Å². The van der Waals surface area contributed by atoms with Gasteiger partial charge in [-0.3, -0.25) is 4.79 Å². The van der Waals surface area contributed by atoms with Gasteiger partial charge in [-0.05, 0) is 31.0 Å². The number of benzene rings is 1. The average Bonchev–Trinajstić information content (AvgIpc) is 3.05. The van der Waals surface area contributed by atoms with Gasteiger partial charge in [0.05, 0.1) is 5.69 Å². The number of aromatic nitrogens is 2. The van der Waals surface area contributed by atoms with Gasteiger partial charge < -0.3 is 16.8 Å². The Morgan fingerprint density at radius 3 is 2.43 bits per heavy atom. The zero-order valence-corrected chi connectivity index (χ0v) is 17.2. The van der Waals surface area contributed by atoms with E-state index in [4.69, 9.17) is 11.5 Å². The van der Waals surface area contributed by atoms with Gasteiger partial charge in [-0.2, -0.15) is 5.26 Å². The highest BCUT2D eigenvalue weighted by molar-refractivity contribution is 7.21. The van der Waals surface area contributed by atoms with Gasteiger partial charge in [-0.1, -0.05) is 35.9 Å². The quantitative estimate of drug-likeness (QED) is 0.459. The number of carbonyl (C=O) groups is 1. The van der Waals surface area contributed by atoms with Crippen molar-refractivity contribution in [1.29, 1.82) is 5.26 Å². The monoisotopic (exact) mass is 414 g/mol. The Kier molecular flexibility index (Phi) is 4.82. The highest BCUT2D eigenvalue weighted by atomic mass is 32.1. The molecule has 4 aromatic rings. The van der Waals surface area contributed by atoms with E-state index in [-0.39, 0.29) is 17.1 Å². The maximum atomic E-state index is 12.9. The van der Waals surface area contributed by atoms with E-state index >= 15 is 0 Å². The molecule has 0 spiro atoms. The Balaban J connectivity index is 1.88. The molecule has 30 heavy (non-hydrogen) atoms. The number of carbonyl (C=O) groups excluding carboxylic acids is 1. The predicted molar refractivity (Wildman–Crippen MR) is 120 cm³/mol. The number of hydrogen-bond donors (Lipinski definition) is 3. The molecule has 0 atom stereocenters. The SMILES string of the molecule is Cc1ccc(-c2c(C#N)c(N)nc3sc(C(=O)Nc4ccc(C)cn4)c(N)c23)cc1. The molecule has 8 heteroatoms. The van der Waals surface area contributed by atoms with Gasteiger partial charge >= 0.3 is 0 Å². The summed E-state index contributed by atoms with van der Waals surface area (Å²) >= 11 is 1.13. The molecule has 4 rings (SSSR count). The Morgan fingerprint density at radius 2 is 1.80 bits per heavy atom. The molecular weight excluding hydrogens is 396 g/mol. The number of aryl methyl sites for hydroxylation is 2. The second-order valence-electron chi connectivity index (χ2n) is 6.92. The van der Waals surface area contributed by atoms with Crippen molar-refractivity contribution in [3.63, 3.8) is 0 Å². The molecule has 0 radical (unpaired) electrons. The lowest BCUT2D eigenvalue weighted by Crippen LogP contribution is -2.13. The van der Waals surface area contributed by atoms with Crippen molar-refractivity contribution < 1.29 is 4.79 Å². The molecule has 0 saturated carbocycles. The van der Waals surface area contributed by atoms with Crippen molar-refractivity contribution in [2.45, 2.75) is 13.8 Å². The number of rotatable bonds is 3. The first kappa shape index (κ1) is 19.4. The fourth-order valence-corrected chi connectivity index (χ4v) is 4.18. The third-order valence-corrected chi connectivity index (χ3v) is 5.81. The first-order chi connectivity index (χ1) is 14.4. The number of nitriles is 1. The molecule has 0 unspecified atom stereocenters. The number of nitrogen functional groups attached to an aromatic ring is 2. The summed E-state index contributed by atoms with van der Waals surface area (Å²) in [5.74, 6) is 0.138. The number of amides is 1. The van der Waals surface area contributed by atoms with E-state index in [1.54, 1.807) is 12.3 Å². The van der Waals surface area contributed by atoms with Crippen LogP contribution in [0.5, 0.6) is 0 Å². The molecule has 148 valence electrons. The van der Waals surface area contributed by atoms with Gasteiger partial charge in [0.25, 0.3) is 5.91 Å². The standard InChI is InChI=1S/C22H18N6OS/c1-11-3-6-13(7-4-11)16-14(9-23)20(25)28-22-17(16)18(24)19(30-22)21(29)27-15-8-5-12(2)10-26-15/h3-8,10H,24H2,1-2H3,(H2,25,28)(H,26,27,29). The summed E-state index contributed by atoms with van der Waals surface area (Å²) in [4.78, 5) is 22.2. The molecule has 1 aromatic carbocycles. The molecule has 5 N–H and O–H groups in total. The number of nitrogens with one attached hydrogen (secondary N) is 1. The van der Waals surface area contributed by atoms with E-state index in [1.807, 2.05) is 44.2 Å². The van der Waals surface area contributed by atoms with Crippen LogP contribution < -0.4 is 16.8 Å². The zero-order chi connectivity index (χ0) is 21.4. The first-order valence-electron chi connectivity index (χ1n) is 9.11. The molecule has 1 amide bonds. The summed E-state index contributed by atoms with van der Waals surface area (Å²) in [7, 11) is 0. The Hall–Kier alpha value is -3.96. The van der Waals surface area contributed by atoms with E-state index in [2.05, 4.69) is 21.4 Å². The third kappa shape index (κ3) is 3.32. The van der Waals surface area contributed by atoms with Crippen LogP contribution in [0.1, 0.15) is 26.4 Å². The molecule has 7 nitrogen and oxygen atoms in total. The van der Waals surface area contributed by atoms with Crippen molar-refractivity contribution in [3.05, 3.63) is 64.2 Å². The molecule has 0 aliphatic carbocycles. The zero-order valence-electron chi connectivity index (χ0n) is 16.4. The number of hydrogen-bond acceptors (Lipinski definition) is 7. The summed E-state index contributed by atoms with van der Waals surface area (Å²) < 4.78 is 0. The van der Waals surface area contributed by atoms with Gasteiger partial charge in [0.2, 0.25) is 0 Å². The highest BCUT2D eigenvalue weighted by Gasteiger charge is 2.24. The second-order valence-corrected chi connectivity index (χ2v) is 7.92. The molecule has 0 saturated heterocycles. The Bertz CT molecular complexity index is 1320. The molecule has 3 heterocycles. The van der Waals surface area contributed by atoms with Crippen molar-refractivity contribution >= 4 is 44.8 Å². The number of nitrogens with zero attached hydrogens (tertiary/aromatic N) is 3. The van der Waals surface area contributed by atoms with Crippen molar-refractivity contribution in [3.8, 4) is 17.2 Å². The van der Waals surface area contributed by atoms with Crippen LogP contribution in [0.15, 0.2) is 42.6 Å². The van der Waals surface area contributed by atoms with Crippen LogP contribution in [0.3, 0.4) is 0 Å². The number of thiophene rings is 1. The topological polar surface area (TPSA) is 131 Å². The van der Waals surface area contributed by atoms with Crippen LogP contribution in [0.25, 0.3) is 21.3 Å². The normalized spacial score (nSPS) is 10.7. The van der Waals surface area contributed by atoms with Gasteiger partial charge in [0.1, 0.15) is 33.0 Å². The maximum absolute atomic E-state index is 12.9. The van der Waals surface area contributed by atoms with E-state index in [0.717, 1.165) is 28.0 Å². The highest BCUT2D eigenvalue weighted by Crippen LogP contribution is 2.42. The Labute approximate surface area is 177 Å². The predicted octanol–water partition coefficient (Wildman–Crippen LogP) is 4.26. The molecule has 3 aromatic heterocycles. The largest absolute Gasteiger partial charge is 0.397 e. The number of anilines is 3. The number of pyridine rings is 2.